The second kappa shape index (κ2) is 4.13. The summed E-state index contributed by atoms with van der Waals surface area (Å²) in [4.78, 5) is 2.55. The van der Waals surface area contributed by atoms with Crippen LogP contribution in [0.2, 0.25) is 0 Å². The molecule has 98 valence electrons. The van der Waals surface area contributed by atoms with Gasteiger partial charge in [-0.2, -0.15) is 15.3 Å². The van der Waals surface area contributed by atoms with E-state index in [-0.39, 0.29) is 5.41 Å². The SMILES string of the molecule is c1n[nH]cc1-c1ccc([C@@]23CCCN(CC2)C3)nn1. The minimum absolute atomic E-state index is 0.264. The number of hydrogen-bond acceptors (Lipinski definition) is 4. The second-order valence-corrected chi connectivity index (χ2v) is 5.70. The van der Waals surface area contributed by atoms with Gasteiger partial charge >= 0.3 is 0 Å². The zero-order valence-electron chi connectivity index (χ0n) is 10.8. The Bertz CT molecular complexity index is 558. The van der Waals surface area contributed by atoms with Crippen LogP contribution >= 0.6 is 0 Å². The van der Waals surface area contributed by atoms with Crippen LogP contribution in [0.5, 0.6) is 0 Å². The third kappa shape index (κ3) is 1.76. The van der Waals surface area contributed by atoms with Crippen LogP contribution in [0, 0.1) is 0 Å². The van der Waals surface area contributed by atoms with Crippen LogP contribution < -0.4 is 0 Å². The molecular formula is C14H17N5. The quantitative estimate of drug-likeness (QED) is 0.885. The second-order valence-electron chi connectivity index (χ2n) is 5.70. The first kappa shape index (κ1) is 11.1. The van der Waals surface area contributed by atoms with Gasteiger partial charge in [0.25, 0.3) is 0 Å². The summed E-state index contributed by atoms with van der Waals surface area (Å²) in [6.07, 6.45) is 7.39. The molecule has 19 heavy (non-hydrogen) atoms. The molecule has 4 rings (SSSR count). The Balaban J connectivity index is 1.66. The standard InChI is InChI=1S/C14H17N5/c1-4-14(5-7-19(6-1)10-14)13-3-2-12(17-18-13)11-8-15-16-9-11/h2-3,8-9H,1,4-7,10H2,(H,15,16)/t14-/m0/s1. The number of piperidine rings is 1. The number of rotatable bonds is 2. The van der Waals surface area contributed by atoms with Crippen molar-refractivity contribution in [2.45, 2.75) is 24.7 Å². The van der Waals surface area contributed by atoms with E-state index in [9.17, 15) is 0 Å². The van der Waals surface area contributed by atoms with Crippen LogP contribution in [-0.4, -0.2) is 44.9 Å². The predicted molar refractivity (Wildman–Crippen MR) is 71.6 cm³/mol. The summed E-state index contributed by atoms with van der Waals surface area (Å²) in [5, 5.41) is 15.6. The van der Waals surface area contributed by atoms with Crippen molar-refractivity contribution >= 4 is 0 Å². The summed E-state index contributed by atoms with van der Waals surface area (Å²) in [5.41, 5.74) is 3.31. The van der Waals surface area contributed by atoms with E-state index in [1.54, 1.807) is 6.20 Å². The molecule has 1 N–H and O–H groups in total. The van der Waals surface area contributed by atoms with Crippen LogP contribution in [0.15, 0.2) is 24.5 Å². The van der Waals surface area contributed by atoms with Gasteiger partial charge in [0.15, 0.2) is 0 Å². The molecule has 1 unspecified atom stereocenters. The number of H-pyrrole nitrogens is 1. The van der Waals surface area contributed by atoms with E-state index in [4.69, 9.17) is 0 Å². The smallest absolute Gasteiger partial charge is 0.0961 e. The maximum atomic E-state index is 4.51. The highest BCUT2D eigenvalue weighted by atomic mass is 15.2. The predicted octanol–water partition coefficient (Wildman–Crippen LogP) is 1.60. The van der Waals surface area contributed by atoms with E-state index in [0.717, 1.165) is 17.8 Å². The molecule has 0 aliphatic carbocycles. The highest BCUT2D eigenvalue weighted by molar-refractivity contribution is 5.55. The molecular weight excluding hydrogens is 238 g/mol. The summed E-state index contributed by atoms with van der Waals surface area (Å²) in [6, 6.07) is 4.23. The van der Waals surface area contributed by atoms with E-state index >= 15 is 0 Å². The van der Waals surface area contributed by atoms with Gasteiger partial charge in [0.05, 0.1) is 17.6 Å². The minimum Gasteiger partial charge on any atom is -0.302 e. The normalized spacial score (nSPS) is 29.6. The van der Waals surface area contributed by atoms with Crippen molar-refractivity contribution in [3.63, 3.8) is 0 Å². The van der Waals surface area contributed by atoms with E-state index in [2.05, 4.69) is 37.4 Å². The lowest BCUT2D eigenvalue weighted by molar-refractivity contribution is 0.239. The molecule has 2 aromatic rings. The molecule has 2 atom stereocenters. The Morgan fingerprint density at radius 2 is 2.16 bits per heavy atom. The van der Waals surface area contributed by atoms with Gasteiger partial charge in [0.2, 0.25) is 0 Å². The summed E-state index contributed by atoms with van der Waals surface area (Å²) in [6.45, 7) is 3.63. The molecule has 0 saturated carbocycles. The molecule has 0 radical (unpaired) electrons. The molecule has 0 aromatic carbocycles. The maximum absolute atomic E-state index is 4.51. The summed E-state index contributed by atoms with van der Waals surface area (Å²) in [7, 11) is 0. The van der Waals surface area contributed by atoms with Crippen molar-refractivity contribution in [1.82, 2.24) is 25.3 Å². The fourth-order valence-corrected chi connectivity index (χ4v) is 3.49. The van der Waals surface area contributed by atoms with Crippen LogP contribution in [0.1, 0.15) is 25.0 Å². The molecule has 2 aliphatic rings. The minimum atomic E-state index is 0.264. The van der Waals surface area contributed by atoms with Crippen LogP contribution in [0.4, 0.5) is 0 Å². The molecule has 2 aliphatic heterocycles. The van der Waals surface area contributed by atoms with Crippen LogP contribution in [0.3, 0.4) is 0 Å². The molecule has 2 saturated heterocycles. The van der Waals surface area contributed by atoms with Crippen molar-refractivity contribution in [2.24, 2.45) is 0 Å². The van der Waals surface area contributed by atoms with E-state index < -0.39 is 0 Å². The number of aromatic amines is 1. The topological polar surface area (TPSA) is 57.7 Å². The summed E-state index contributed by atoms with van der Waals surface area (Å²) in [5.74, 6) is 0. The van der Waals surface area contributed by atoms with Gasteiger partial charge in [-0.25, -0.2) is 0 Å². The first-order chi connectivity index (χ1) is 9.36. The zero-order valence-corrected chi connectivity index (χ0v) is 10.8. The first-order valence-corrected chi connectivity index (χ1v) is 6.92. The molecule has 2 fully saturated rings. The van der Waals surface area contributed by atoms with Crippen molar-refractivity contribution in [3.8, 4) is 11.3 Å². The highest BCUT2D eigenvalue weighted by Gasteiger charge is 2.43. The van der Waals surface area contributed by atoms with E-state index in [1.807, 2.05) is 6.20 Å². The monoisotopic (exact) mass is 255 g/mol. The van der Waals surface area contributed by atoms with E-state index in [1.165, 1.54) is 38.0 Å². The highest BCUT2D eigenvalue weighted by Crippen LogP contribution is 2.41. The number of fused-ring (bicyclic) bond motifs is 2. The van der Waals surface area contributed by atoms with Crippen molar-refractivity contribution < 1.29 is 0 Å². The Labute approximate surface area is 112 Å². The van der Waals surface area contributed by atoms with Gasteiger partial charge in [-0.05, 0) is 44.5 Å². The molecule has 0 spiro atoms. The van der Waals surface area contributed by atoms with Gasteiger partial charge < -0.3 is 4.90 Å². The molecule has 0 amide bonds. The van der Waals surface area contributed by atoms with Crippen molar-refractivity contribution in [3.05, 3.63) is 30.2 Å². The maximum Gasteiger partial charge on any atom is 0.0961 e. The summed E-state index contributed by atoms with van der Waals surface area (Å²) < 4.78 is 0. The molecule has 5 nitrogen and oxygen atoms in total. The van der Waals surface area contributed by atoms with Gasteiger partial charge in [-0.3, -0.25) is 5.10 Å². The number of hydrogen-bond donors (Lipinski definition) is 1. The average molecular weight is 255 g/mol. The van der Waals surface area contributed by atoms with Crippen LogP contribution in [0.25, 0.3) is 11.3 Å². The number of nitrogens with one attached hydrogen (secondary N) is 1. The Morgan fingerprint density at radius 3 is 2.95 bits per heavy atom. The fourth-order valence-electron chi connectivity index (χ4n) is 3.49. The van der Waals surface area contributed by atoms with Crippen LogP contribution in [-0.2, 0) is 5.41 Å². The molecule has 2 aromatic heterocycles. The largest absolute Gasteiger partial charge is 0.302 e. The lowest BCUT2D eigenvalue weighted by atomic mass is 9.78. The average Bonchev–Trinajstić information content (AvgIpc) is 3.09. The lowest BCUT2D eigenvalue weighted by Gasteiger charge is -2.33. The van der Waals surface area contributed by atoms with Crippen molar-refractivity contribution in [2.75, 3.05) is 19.6 Å². The van der Waals surface area contributed by atoms with Gasteiger partial charge in [0.1, 0.15) is 0 Å². The van der Waals surface area contributed by atoms with Gasteiger partial charge in [-0.1, -0.05) is 0 Å². The number of nitrogens with zero attached hydrogens (tertiary/aromatic N) is 4. The Morgan fingerprint density at radius 1 is 1.16 bits per heavy atom. The Kier molecular flexibility index (Phi) is 2.41. The third-order valence-corrected chi connectivity index (χ3v) is 4.56. The molecule has 2 bridgehead atoms. The Hall–Kier alpha value is -1.75. The zero-order chi connectivity index (χ0) is 12.7. The first-order valence-electron chi connectivity index (χ1n) is 6.92. The number of aromatic nitrogens is 4. The summed E-state index contributed by atoms with van der Waals surface area (Å²) >= 11 is 0. The van der Waals surface area contributed by atoms with E-state index in [0.29, 0.717) is 0 Å². The van der Waals surface area contributed by atoms with Crippen molar-refractivity contribution in [1.29, 1.82) is 0 Å². The molecule has 5 heteroatoms. The fraction of sp³-hybridized carbons (Fsp3) is 0.500. The van der Waals surface area contributed by atoms with Gasteiger partial charge in [0, 0.05) is 23.7 Å². The third-order valence-electron chi connectivity index (χ3n) is 4.56. The van der Waals surface area contributed by atoms with Gasteiger partial charge in [-0.15, -0.1) is 0 Å². The lowest BCUT2D eigenvalue weighted by Crippen LogP contribution is -2.37. The molecule has 4 heterocycles.